The van der Waals surface area contributed by atoms with Gasteiger partial charge in [-0.3, -0.25) is 0 Å². The van der Waals surface area contributed by atoms with E-state index in [1.807, 2.05) is 33.8 Å². The summed E-state index contributed by atoms with van der Waals surface area (Å²) in [4.78, 5) is 0. The molecule has 3 unspecified atom stereocenters. The Morgan fingerprint density at radius 2 is 2.09 bits per heavy atom. The molecule has 0 saturated heterocycles. The predicted molar refractivity (Wildman–Crippen MR) is 96.1 cm³/mol. The van der Waals surface area contributed by atoms with Crippen LogP contribution in [-0.4, -0.2) is 33.8 Å². The van der Waals surface area contributed by atoms with E-state index in [9.17, 15) is 9.66 Å². The van der Waals surface area contributed by atoms with Crippen molar-refractivity contribution in [2.24, 2.45) is 0 Å². The maximum Gasteiger partial charge on any atom is 0.148 e. The lowest BCUT2D eigenvalue weighted by Gasteiger charge is -2.31. The highest BCUT2D eigenvalue weighted by Crippen LogP contribution is 2.36. The Balaban J connectivity index is 2.28. The molecule has 0 aromatic heterocycles. The molecule has 1 aliphatic heterocycles. The van der Waals surface area contributed by atoms with Crippen LogP contribution in [-0.2, 0) is 11.4 Å². The summed E-state index contributed by atoms with van der Waals surface area (Å²) in [6, 6.07) is 3.27. The third-order valence-corrected chi connectivity index (χ3v) is 5.57. The van der Waals surface area contributed by atoms with Crippen molar-refractivity contribution in [2.45, 2.75) is 44.7 Å². The molecular formula is C16H23ClN2O3S. The number of methoxy groups -OCH3 is 1. The third-order valence-electron chi connectivity index (χ3n) is 3.59. The highest BCUT2D eigenvalue weighted by molar-refractivity contribution is 7.90. The molecule has 2 rings (SSSR count). The number of anilines is 1. The second kappa shape index (κ2) is 6.91. The molecular weight excluding hydrogens is 336 g/mol. The zero-order valence-electron chi connectivity index (χ0n) is 13.9. The van der Waals surface area contributed by atoms with Crippen molar-refractivity contribution in [1.82, 2.24) is 4.72 Å². The van der Waals surface area contributed by atoms with Gasteiger partial charge in [-0.25, -0.2) is 0 Å². The molecule has 128 valence electrons. The zero-order valence-corrected chi connectivity index (χ0v) is 15.5. The minimum atomic E-state index is -1.23. The Morgan fingerprint density at radius 3 is 2.65 bits per heavy atom. The average molecular weight is 359 g/mol. The number of nitrogens with one attached hydrogen (secondary N) is 2. The predicted octanol–water partition coefficient (Wildman–Crippen LogP) is 2.92. The fourth-order valence-corrected chi connectivity index (χ4v) is 3.29. The van der Waals surface area contributed by atoms with E-state index < -0.39 is 17.6 Å². The summed E-state index contributed by atoms with van der Waals surface area (Å²) < 4.78 is 20.1. The largest absolute Gasteiger partial charge is 0.598 e. The molecule has 23 heavy (non-hydrogen) atoms. The minimum absolute atomic E-state index is 0.258. The van der Waals surface area contributed by atoms with Gasteiger partial charge < -0.3 is 19.7 Å². The molecule has 3 N–H and O–H groups in total. The van der Waals surface area contributed by atoms with E-state index in [0.29, 0.717) is 16.3 Å². The van der Waals surface area contributed by atoms with Gasteiger partial charge in [-0.2, -0.15) is 0 Å². The highest BCUT2D eigenvalue weighted by Gasteiger charge is 2.31. The van der Waals surface area contributed by atoms with Crippen LogP contribution in [0.15, 0.2) is 17.7 Å². The van der Waals surface area contributed by atoms with Crippen LogP contribution in [0.25, 0.3) is 6.08 Å². The van der Waals surface area contributed by atoms with Crippen molar-refractivity contribution < 1.29 is 14.4 Å². The second-order valence-electron chi connectivity index (χ2n) is 6.49. The number of ether oxygens (including phenoxy) is 1. The zero-order chi connectivity index (χ0) is 17.4. The van der Waals surface area contributed by atoms with Crippen LogP contribution < -0.4 is 14.8 Å². The van der Waals surface area contributed by atoms with Gasteiger partial charge in [-0.1, -0.05) is 11.6 Å². The normalized spacial score (nSPS) is 20.2. The smallest absolute Gasteiger partial charge is 0.148 e. The summed E-state index contributed by atoms with van der Waals surface area (Å²) in [5.41, 5.74) is 2.30. The molecule has 1 aromatic carbocycles. The van der Waals surface area contributed by atoms with Gasteiger partial charge in [0.25, 0.3) is 0 Å². The van der Waals surface area contributed by atoms with E-state index in [2.05, 4.69) is 10.0 Å². The molecule has 0 amide bonds. The first kappa shape index (κ1) is 18.4. The van der Waals surface area contributed by atoms with Crippen molar-refractivity contribution in [3.05, 3.63) is 28.3 Å². The van der Waals surface area contributed by atoms with Crippen LogP contribution in [0.3, 0.4) is 0 Å². The Hall–Kier alpha value is -0.920. The third kappa shape index (κ3) is 4.14. The van der Waals surface area contributed by atoms with Gasteiger partial charge >= 0.3 is 0 Å². The van der Waals surface area contributed by atoms with E-state index in [0.717, 1.165) is 11.3 Å². The minimum Gasteiger partial charge on any atom is -0.598 e. The number of hydrogen-bond acceptors (Lipinski definition) is 5. The van der Waals surface area contributed by atoms with E-state index in [1.165, 1.54) is 0 Å². The van der Waals surface area contributed by atoms with Gasteiger partial charge in [0.1, 0.15) is 16.7 Å². The molecule has 1 heterocycles. The Kier molecular flexibility index (Phi) is 5.53. The number of rotatable bonds is 4. The summed E-state index contributed by atoms with van der Waals surface area (Å²) in [7, 11) is 1.54. The first-order chi connectivity index (χ1) is 10.6. The topological polar surface area (TPSA) is 76.6 Å². The summed E-state index contributed by atoms with van der Waals surface area (Å²) in [5, 5.41) is 13.9. The molecule has 5 nitrogen and oxygen atoms in total. The number of halogens is 1. The van der Waals surface area contributed by atoms with Crippen molar-refractivity contribution in [3.8, 4) is 5.75 Å². The van der Waals surface area contributed by atoms with Crippen LogP contribution >= 0.6 is 11.6 Å². The van der Waals surface area contributed by atoms with Gasteiger partial charge in [0.15, 0.2) is 0 Å². The lowest BCUT2D eigenvalue weighted by Crippen LogP contribution is -2.46. The van der Waals surface area contributed by atoms with Crippen molar-refractivity contribution in [1.29, 1.82) is 0 Å². The van der Waals surface area contributed by atoms with Gasteiger partial charge in [0.05, 0.1) is 18.2 Å². The van der Waals surface area contributed by atoms with Crippen molar-refractivity contribution >= 4 is 34.7 Å². The first-order valence-electron chi connectivity index (χ1n) is 7.35. The van der Waals surface area contributed by atoms with Gasteiger partial charge in [-0.15, -0.1) is 4.72 Å². The molecule has 0 fully saturated rings. The maximum atomic E-state index is 12.2. The van der Waals surface area contributed by atoms with E-state index >= 15 is 0 Å². The molecule has 1 aromatic rings. The summed E-state index contributed by atoms with van der Waals surface area (Å²) in [5.74, 6) is 0.543. The van der Waals surface area contributed by atoms with Gasteiger partial charge in [0.2, 0.25) is 0 Å². The van der Waals surface area contributed by atoms with Crippen molar-refractivity contribution in [3.63, 3.8) is 0 Å². The highest BCUT2D eigenvalue weighted by atomic mass is 35.5. The lowest BCUT2D eigenvalue weighted by atomic mass is 9.98. The van der Waals surface area contributed by atoms with Crippen LogP contribution in [0.2, 0.25) is 5.02 Å². The van der Waals surface area contributed by atoms with Crippen LogP contribution in [0.4, 0.5) is 5.69 Å². The number of aliphatic hydroxyl groups is 1. The van der Waals surface area contributed by atoms with Crippen LogP contribution in [0, 0.1) is 0 Å². The van der Waals surface area contributed by atoms with E-state index in [4.69, 9.17) is 16.3 Å². The molecule has 0 saturated carbocycles. The molecule has 0 aliphatic carbocycles. The molecule has 3 atom stereocenters. The number of fused-ring (bicyclic) bond motifs is 1. The first-order valence-corrected chi connectivity index (χ1v) is 8.88. The number of hydrogen-bond donors (Lipinski definition) is 3. The molecule has 0 bridgehead atoms. The quantitative estimate of drug-likeness (QED) is 0.721. The lowest BCUT2D eigenvalue weighted by molar-refractivity contribution is 0.231. The molecule has 0 spiro atoms. The van der Waals surface area contributed by atoms with Crippen molar-refractivity contribution in [2.75, 3.05) is 12.4 Å². The Morgan fingerprint density at radius 1 is 1.43 bits per heavy atom. The van der Waals surface area contributed by atoms with Crippen LogP contribution in [0.5, 0.6) is 5.75 Å². The Labute approximate surface area is 145 Å². The standard InChI is InChI=1S/C16H23ClN2O3S/c1-9(19-23(21)16(2,3)4)11-6-10-7-12(17)14(22-5)8-13(10)18-15(11)20/h6-9,15,18-20H,1-5H3. The van der Waals surface area contributed by atoms with Gasteiger partial charge in [-0.05, 0) is 45.4 Å². The Bertz CT molecular complexity index is 616. The second-order valence-corrected chi connectivity index (χ2v) is 8.89. The maximum absolute atomic E-state index is 12.2. The average Bonchev–Trinajstić information content (AvgIpc) is 2.45. The van der Waals surface area contributed by atoms with E-state index in [-0.39, 0.29) is 10.8 Å². The fraction of sp³-hybridized carbons (Fsp3) is 0.500. The van der Waals surface area contributed by atoms with Crippen LogP contribution in [0.1, 0.15) is 33.3 Å². The summed E-state index contributed by atoms with van der Waals surface area (Å²) in [6.45, 7) is 7.56. The molecule has 0 radical (unpaired) electrons. The van der Waals surface area contributed by atoms with Gasteiger partial charge in [0, 0.05) is 28.7 Å². The monoisotopic (exact) mass is 358 g/mol. The summed E-state index contributed by atoms with van der Waals surface area (Å²) in [6.07, 6.45) is 0.993. The van der Waals surface area contributed by atoms with E-state index in [1.54, 1.807) is 19.2 Å². The number of aliphatic hydroxyl groups excluding tert-OH is 1. The fourth-order valence-electron chi connectivity index (χ4n) is 2.23. The SMILES string of the molecule is COc1cc2c(cc1Cl)C=C(C(C)N[S+]([O-])C(C)(C)C)C(O)N2. The molecule has 7 heteroatoms. The summed E-state index contributed by atoms with van der Waals surface area (Å²) >= 11 is 4.93. The molecule has 1 aliphatic rings. The number of benzene rings is 1.